The summed E-state index contributed by atoms with van der Waals surface area (Å²) in [6.45, 7) is 0. The van der Waals surface area contributed by atoms with Crippen LogP contribution >= 0.6 is 0 Å². The molecule has 0 unspecified atom stereocenters. The van der Waals surface area contributed by atoms with Gasteiger partial charge in [-0.3, -0.25) is 0 Å². The summed E-state index contributed by atoms with van der Waals surface area (Å²) >= 11 is 0. The Morgan fingerprint density at radius 3 is 2.64 bits per heavy atom. The molecule has 4 heteroatoms. The average Bonchev–Trinajstić information content (AvgIpc) is 2.23. The second kappa shape index (κ2) is 3.33. The van der Waals surface area contributed by atoms with Crippen molar-refractivity contribution in [3.63, 3.8) is 0 Å². The molecular weight excluding hydrogens is 184 g/mol. The zero-order valence-corrected chi connectivity index (χ0v) is 7.18. The summed E-state index contributed by atoms with van der Waals surface area (Å²) in [6.07, 6.45) is 4.05. The van der Waals surface area contributed by atoms with E-state index in [1.807, 2.05) is 0 Å². The van der Waals surface area contributed by atoms with Gasteiger partial charge in [0.1, 0.15) is 18.8 Å². The van der Waals surface area contributed by atoms with Crippen LogP contribution < -0.4 is 0 Å². The van der Waals surface area contributed by atoms with Gasteiger partial charge in [0.2, 0.25) is 0 Å². The van der Waals surface area contributed by atoms with Gasteiger partial charge >= 0.3 is 0 Å². The van der Waals surface area contributed by atoms with Crippen LogP contribution in [0.1, 0.15) is 5.56 Å². The number of phenols is 2. The van der Waals surface area contributed by atoms with Crippen LogP contribution in [0.25, 0.3) is 5.76 Å². The van der Waals surface area contributed by atoms with Crippen LogP contribution in [0.2, 0.25) is 0 Å². The highest BCUT2D eigenvalue weighted by Crippen LogP contribution is 2.34. The molecule has 1 aromatic rings. The Hall–Kier alpha value is -2.10. The molecule has 0 saturated carbocycles. The second-order valence-electron chi connectivity index (χ2n) is 2.68. The predicted octanol–water partition coefficient (Wildman–Crippen LogP) is 1.91. The summed E-state index contributed by atoms with van der Waals surface area (Å²) in [7, 11) is 0. The second-order valence-corrected chi connectivity index (χ2v) is 2.68. The predicted molar refractivity (Wildman–Crippen MR) is 49.1 cm³/mol. The number of phenolic OH excluding ortho intramolecular Hbond substituents is 2. The van der Waals surface area contributed by atoms with E-state index in [4.69, 9.17) is 9.47 Å². The Bertz CT molecular complexity index is 407. The van der Waals surface area contributed by atoms with E-state index in [0.29, 0.717) is 11.3 Å². The van der Waals surface area contributed by atoms with Crippen LogP contribution in [0, 0.1) is 0 Å². The number of benzene rings is 1. The highest BCUT2D eigenvalue weighted by Gasteiger charge is 2.13. The summed E-state index contributed by atoms with van der Waals surface area (Å²) in [6, 6.07) is 4.61. The SMILES string of the molecule is Oc1cccc(C2=COC=CO2)c1O. The van der Waals surface area contributed by atoms with E-state index < -0.39 is 0 Å². The van der Waals surface area contributed by atoms with Crippen LogP contribution in [-0.4, -0.2) is 10.2 Å². The standard InChI is InChI=1S/C10H8O4/c11-8-3-1-2-7(10(8)12)9-6-13-4-5-14-9/h1-6,11-12H. The summed E-state index contributed by atoms with van der Waals surface area (Å²) in [5.74, 6) is -0.0693. The van der Waals surface area contributed by atoms with Crippen LogP contribution in [0.15, 0.2) is 37.0 Å². The third-order valence-corrected chi connectivity index (χ3v) is 1.78. The van der Waals surface area contributed by atoms with Crippen molar-refractivity contribution in [3.05, 3.63) is 42.5 Å². The molecule has 14 heavy (non-hydrogen) atoms. The molecule has 1 aliphatic rings. The van der Waals surface area contributed by atoms with E-state index in [1.54, 1.807) is 12.1 Å². The zero-order chi connectivity index (χ0) is 9.97. The first-order valence-corrected chi connectivity index (χ1v) is 3.97. The van der Waals surface area contributed by atoms with E-state index in [9.17, 15) is 10.2 Å². The lowest BCUT2D eigenvalue weighted by Crippen LogP contribution is -1.92. The van der Waals surface area contributed by atoms with E-state index in [2.05, 4.69) is 0 Å². The maximum Gasteiger partial charge on any atom is 0.172 e. The topological polar surface area (TPSA) is 58.9 Å². The van der Waals surface area contributed by atoms with Crippen LogP contribution in [0.4, 0.5) is 0 Å². The van der Waals surface area contributed by atoms with Gasteiger partial charge in [-0.25, -0.2) is 0 Å². The van der Waals surface area contributed by atoms with Gasteiger partial charge in [-0.05, 0) is 12.1 Å². The number of para-hydroxylation sites is 1. The first-order valence-electron chi connectivity index (χ1n) is 3.97. The molecule has 0 bridgehead atoms. The lowest BCUT2D eigenvalue weighted by Gasteiger charge is -2.11. The fraction of sp³-hybridized carbons (Fsp3) is 0. The normalized spacial score (nSPS) is 14.1. The number of aromatic hydroxyl groups is 2. The molecule has 72 valence electrons. The molecule has 2 N–H and O–H groups in total. The fourth-order valence-electron chi connectivity index (χ4n) is 1.12. The third-order valence-electron chi connectivity index (χ3n) is 1.78. The van der Waals surface area contributed by atoms with E-state index in [-0.39, 0.29) is 11.5 Å². The molecule has 0 fully saturated rings. The first-order chi connectivity index (χ1) is 6.79. The molecule has 0 aliphatic carbocycles. The third kappa shape index (κ3) is 1.37. The van der Waals surface area contributed by atoms with Gasteiger partial charge in [-0.1, -0.05) is 6.07 Å². The highest BCUT2D eigenvalue weighted by atomic mass is 16.5. The molecule has 0 spiro atoms. The van der Waals surface area contributed by atoms with Crippen LogP contribution in [0.5, 0.6) is 11.5 Å². The Labute approximate surface area is 80.3 Å². The Kier molecular flexibility index (Phi) is 2.02. The van der Waals surface area contributed by atoms with Crippen molar-refractivity contribution in [2.24, 2.45) is 0 Å². The van der Waals surface area contributed by atoms with E-state index in [0.717, 1.165) is 0 Å². The molecular formula is C10H8O4. The van der Waals surface area contributed by atoms with Crippen LogP contribution in [0.3, 0.4) is 0 Å². The molecule has 2 rings (SSSR count). The largest absolute Gasteiger partial charge is 0.504 e. The van der Waals surface area contributed by atoms with Crippen molar-refractivity contribution in [1.29, 1.82) is 0 Å². The number of hydrogen-bond acceptors (Lipinski definition) is 4. The van der Waals surface area contributed by atoms with E-state index in [1.165, 1.54) is 24.9 Å². The van der Waals surface area contributed by atoms with Gasteiger partial charge in [-0.15, -0.1) is 0 Å². The fourth-order valence-corrected chi connectivity index (χ4v) is 1.12. The molecule has 0 saturated heterocycles. The molecule has 0 aromatic heterocycles. The Morgan fingerprint density at radius 2 is 1.93 bits per heavy atom. The molecule has 0 radical (unpaired) electrons. The molecule has 1 aliphatic heterocycles. The van der Waals surface area contributed by atoms with Crippen molar-refractivity contribution in [1.82, 2.24) is 0 Å². The minimum absolute atomic E-state index is 0.193. The van der Waals surface area contributed by atoms with E-state index >= 15 is 0 Å². The molecule has 1 heterocycles. The van der Waals surface area contributed by atoms with Crippen molar-refractivity contribution < 1.29 is 19.7 Å². The first kappa shape index (κ1) is 8.50. The number of hydrogen-bond donors (Lipinski definition) is 2. The smallest absolute Gasteiger partial charge is 0.172 e. The maximum atomic E-state index is 9.50. The summed E-state index contributed by atoms with van der Waals surface area (Å²) in [5.41, 5.74) is 0.384. The zero-order valence-electron chi connectivity index (χ0n) is 7.18. The molecule has 0 amide bonds. The van der Waals surface area contributed by atoms with Gasteiger partial charge in [0.15, 0.2) is 17.3 Å². The Balaban J connectivity index is 2.41. The molecule has 0 atom stereocenters. The number of rotatable bonds is 1. The summed E-state index contributed by atoms with van der Waals surface area (Å²) in [4.78, 5) is 0. The van der Waals surface area contributed by atoms with Crippen molar-refractivity contribution >= 4 is 5.76 Å². The monoisotopic (exact) mass is 192 g/mol. The average molecular weight is 192 g/mol. The quantitative estimate of drug-likeness (QED) is 0.667. The lowest BCUT2D eigenvalue weighted by molar-refractivity contribution is 0.310. The van der Waals surface area contributed by atoms with Gasteiger partial charge in [0.05, 0.1) is 5.56 Å². The summed E-state index contributed by atoms with van der Waals surface area (Å²) < 4.78 is 9.96. The number of ether oxygens (including phenoxy) is 2. The van der Waals surface area contributed by atoms with Gasteiger partial charge in [0, 0.05) is 0 Å². The Morgan fingerprint density at radius 1 is 1.07 bits per heavy atom. The van der Waals surface area contributed by atoms with Gasteiger partial charge in [-0.2, -0.15) is 0 Å². The van der Waals surface area contributed by atoms with Gasteiger partial charge < -0.3 is 19.7 Å². The lowest BCUT2D eigenvalue weighted by atomic mass is 10.1. The minimum Gasteiger partial charge on any atom is -0.504 e. The molecule has 1 aromatic carbocycles. The van der Waals surface area contributed by atoms with Crippen LogP contribution in [-0.2, 0) is 9.47 Å². The van der Waals surface area contributed by atoms with Crippen molar-refractivity contribution in [2.45, 2.75) is 0 Å². The summed E-state index contributed by atoms with van der Waals surface area (Å²) in [5, 5.41) is 18.7. The van der Waals surface area contributed by atoms with Gasteiger partial charge in [0.25, 0.3) is 0 Å². The minimum atomic E-state index is -0.224. The highest BCUT2D eigenvalue weighted by molar-refractivity contribution is 5.68. The molecule has 4 nitrogen and oxygen atoms in total. The maximum absolute atomic E-state index is 9.50. The van der Waals surface area contributed by atoms with Crippen molar-refractivity contribution in [2.75, 3.05) is 0 Å². The van der Waals surface area contributed by atoms with Crippen molar-refractivity contribution in [3.8, 4) is 11.5 Å².